The number of nitrogens with one attached hydrogen (secondary N) is 1. The zero-order valence-electron chi connectivity index (χ0n) is 21.3. The van der Waals surface area contributed by atoms with Crippen LogP contribution in [0.5, 0.6) is 5.75 Å². The molecule has 2 heterocycles. The van der Waals surface area contributed by atoms with Crippen LogP contribution in [0.3, 0.4) is 0 Å². The first kappa shape index (κ1) is 24.2. The van der Waals surface area contributed by atoms with E-state index in [0.29, 0.717) is 28.3 Å². The SMILES string of the molecule is COc1ccc(-c2noc(C3=C(C)N(c4ccc(F)c(C)c4)C(=O)NC3c3ccc(C)c(C)c3)n2)cc1. The summed E-state index contributed by atoms with van der Waals surface area (Å²) in [5.74, 6) is 1.09. The van der Waals surface area contributed by atoms with Crippen molar-refractivity contribution < 1.29 is 18.4 Å². The van der Waals surface area contributed by atoms with Gasteiger partial charge in [0.15, 0.2) is 0 Å². The van der Waals surface area contributed by atoms with Gasteiger partial charge in [0.25, 0.3) is 5.89 Å². The highest BCUT2D eigenvalue weighted by molar-refractivity contribution is 6.01. The number of allylic oxidation sites excluding steroid dienone is 1. The van der Waals surface area contributed by atoms with E-state index in [2.05, 4.69) is 10.5 Å². The molecule has 8 heteroatoms. The number of aryl methyl sites for hydroxylation is 3. The molecule has 0 radical (unpaired) electrons. The van der Waals surface area contributed by atoms with Gasteiger partial charge in [0.1, 0.15) is 11.6 Å². The summed E-state index contributed by atoms with van der Waals surface area (Å²) in [7, 11) is 1.61. The van der Waals surface area contributed by atoms with Crippen LogP contribution in [0.2, 0.25) is 0 Å². The van der Waals surface area contributed by atoms with Gasteiger partial charge in [-0.25, -0.2) is 9.18 Å². The van der Waals surface area contributed by atoms with Crippen molar-refractivity contribution in [2.75, 3.05) is 12.0 Å². The molecular formula is C29H27FN4O3. The molecule has 1 aliphatic heterocycles. The van der Waals surface area contributed by atoms with E-state index in [0.717, 1.165) is 28.0 Å². The van der Waals surface area contributed by atoms with Gasteiger partial charge in [0.2, 0.25) is 5.82 Å². The average molecular weight is 499 g/mol. The van der Waals surface area contributed by atoms with Crippen LogP contribution in [-0.2, 0) is 0 Å². The molecule has 7 nitrogen and oxygen atoms in total. The van der Waals surface area contributed by atoms with Crippen LogP contribution in [0.4, 0.5) is 14.9 Å². The van der Waals surface area contributed by atoms with Crippen molar-refractivity contribution in [3.05, 3.63) is 100 Å². The van der Waals surface area contributed by atoms with Crippen molar-refractivity contribution in [3.8, 4) is 17.1 Å². The first-order valence-electron chi connectivity index (χ1n) is 11.9. The molecule has 4 aromatic rings. The number of nitrogens with zero attached hydrogens (tertiary/aromatic N) is 3. The van der Waals surface area contributed by atoms with E-state index >= 15 is 0 Å². The van der Waals surface area contributed by atoms with E-state index in [1.165, 1.54) is 11.0 Å². The van der Waals surface area contributed by atoms with Crippen LogP contribution in [0.25, 0.3) is 17.0 Å². The quantitative estimate of drug-likeness (QED) is 0.339. The Bertz CT molecular complexity index is 1520. The number of amides is 2. The molecule has 1 aliphatic rings. The maximum absolute atomic E-state index is 14.0. The highest BCUT2D eigenvalue weighted by atomic mass is 19.1. The zero-order chi connectivity index (χ0) is 26.3. The minimum atomic E-state index is -0.520. The Balaban J connectivity index is 1.65. The Morgan fingerprint density at radius 1 is 0.946 bits per heavy atom. The number of urea groups is 1. The van der Waals surface area contributed by atoms with Crippen LogP contribution in [0.15, 0.2) is 70.9 Å². The number of ether oxygens (including phenoxy) is 1. The summed E-state index contributed by atoms with van der Waals surface area (Å²) < 4.78 is 25.0. The van der Waals surface area contributed by atoms with Gasteiger partial charge in [-0.2, -0.15) is 4.98 Å². The van der Waals surface area contributed by atoms with E-state index < -0.39 is 6.04 Å². The minimum Gasteiger partial charge on any atom is -0.497 e. The van der Waals surface area contributed by atoms with Crippen molar-refractivity contribution in [2.24, 2.45) is 0 Å². The standard InChI is InChI=1S/C29H27FN4O3/c1-16-6-7-21(14-17(16)2)26-25(28-32-27(33-37-28)20-8-11-23(36-5)12-9-20)19(4)34(29(35)31-26)22-10-13-24(30)18(3)15-22/h6-15,26H,1-5H3,(H,31,35). The second-order valence-electron chi connectivity index (χ2n) is 9.15. The van der Waals surface area contributed by atoms with E-state index in [1.54, 1.807) is 26.2 Å². The van der Waals surface area contributed by atoms with Gasteiger partial charge in [-0.05, 0) is 92.4 Å². The molecule has 1 aromatic heterocycles. The van der Waals surface area contributed by atoms with Crippen LogP contribution in [-0.4, -0.2) is 23.3 Å². The molecule has 188 valence electrons. The molecule has 0 aliphatic carbocycles. The molecule has 1 N–H and O–H groups in total. The Morgan fingerprint density at radius 2 is 1.70 bits per heavy atom. The molecule has 0 spiro atoms. The van der Waals surface area contributed by atoms with E-state index in [4.69, 9.17) is 14.2 Å². The molecule has 5 rings (SSSR count). The molecule has 0 saturated carbocycles. The van der Waals surface area contributed by atoms with Gasteiger partial charge < -0.3 is 14.6 Å². The van der Waals surface area contributed by atoms with Crippen LogP contribution in [0, 0.1) is 26.6 Å². The Morgan fingerprint density at radius 3 is 2.38 bits per heavy atom. The fourth-order valence-corrected chi connectivity index (χ4v) is 4.48. The number of carbonyl (C=O) groups excluding carboxylic acids is 1. The number of hydrogen-bond acceptors (Lipinski definition) is 5. The van der Waals surface area contributed by atoms with Crippen molar-refractivity contribution in [1.82, 2.24) is 15.5 Å². The topological polar surface area (TPSA) is 80.5 Å². The summed E-state index contributed by atoms with van der Waals surface area (Å²) in [6.07, 6.45) is 0. The van der Waals surface area contributed by atoms with E-state index in [1.807, 2.05) is 63.2 Å². The maximum Gasteiger partial charge on any atom is 0.326 e. The van der Waals surface area contributed by atoms with Crippen LogP contribution >= 0.6 is 0 Å². The summed E-state index contributed by atoms with van der Waals surface area (Å²) in [5.41, 5.74) is 6.17. The van der Waals surface area contributed by atoms with Crippen LogP contribution in [0.1, 0.15) is 41.1 Å². The van der Waals surface area contributed by atoms with Gasteiger partial charge in [-0.1, -0.05) is 23.4 Å². The number of hydrogen-bond donors (Lipinski definition) is 1. The first-order valence-corrected chi connectivity index (χ1v) is 11.9. The number of halogens is 1. The molecule has 0 bridgehead atoms. The maximum atomic E-state index is 14.0. The summed E-state index contributed by atoms with van der Waals surface area (Å²) in [4.78, 5) is 19.6. The molecule has 37 heavy (non-hydrogen) atoms. The highest BCUT2D eigenvalue weighted by Gasteiger charge is 2.36. The Labute approximate surface area is 214 Å². The van der Waals surface area contributed by atoms with Crippen LogP contribution < -0.4 is 15.0 Å². The Kier molecular flexibility index (Phi) is 6.25. The largest absolute Gasteiger partial charge is 0.497 e. The third-order valence-corrected chi connectivity index (χ3v) is 6.75. The summed E-state index contributed by atoms with van der Waals surface area (Å²) in [6, 6.07) is 17.1. The van der Waals surface area contributed by atoms with Crippen molar-refractivity contribution in [1.29, 1.82) is 0 Å². The molecular weight excluding hydrogens is 471 g/mol. The lowest BCUT2D eigenvalue weighted by Gasteiger charge is -2.35. The fourth-order valence-electron chi connectivity index (χ4n) is 4.48. The van der Waals surface area contributed by atoms with Gasteiger partial charge in [0.05, 0.1) is 24.4 Å². The molecule has 0 fully saturated rings. The van der Waals surface area contributed by atoms with Crippen molar-refractivity contribution in [3.63, 3.8) is 0 Å². The van der Waals surface area contributed by atoms with Crippen molar-refractivity contribution in [2.45, 2.75) is 33.7 Å². The molecule has 3 aromatic carbocycles. The van der Waals surface area contributed by atoms with Gasteiger partial charge in [-0.15, -0.1) is 0 Å². The minimum absolute atomic E-state index is 0.287. The summed E-state index contributed by atoms with van der Waals surface area (Å²) in [5, 5.41) is 7.31. The van der Waals surface area contributed by atoms with Gasteiger partial charge in [0, 0.05) is 11.3 Å². The predicted octanol–water partition coefficient (Wildman–Crippen LogP) is 6.51. The molecule has 0 saturated heterocycles. The lowest BCUT2D eigenvalue weighted by atomic mass is 9.92. The summed E-state index contributed by atoms with van der Waals surface area (Å²) in [6.45, 7) is 7.57. The average Bonchev–Trinajstić information content (AvgIpc) is 3.37. The highest BCUT2D eigenvalue weighted by Crippen LogP contribution is 2.39. The number of anilines is 1. The number of aromatic nitrogens is 2. The number of carbonyl (C=O) groups is 1. The lowest BCUT2D eigenvalue weighted by molar-refractivity contribution is 0.244. The summed E-state index contributed by atoms with van der Waals surface area (Å²) >= 11 is 0. The normalized spacial score (nSPS) is 15.7. The van der Waals surface area contributed by atoms with E-state index in [-0.39, 0.29) is 17.7 Å². The predicted molar refractivity (Wildman–Crippen MR) is 140 cm³/mol. The zero-order valence-corrected chi connectivity index (χ0v) is 21.3. The number of benzene rings is 3. The first-order chi connectivity index (χ1) is 17.8. The van der Waals surface area contributed by atoms with Gasteiger partial charge in [-0.3, -0.25) is 4.90 Å². The van der Waals surface area contributed by atoms with E-state index in [9.17, 15) is 9.18 Å². The molecule has 2 amide bonds. The lowest BCUT2D eigenvalue weighted by Crippen LogP contribution is -2.46. The fraction of sp³-hybridized carbons (Fsp3) is 0.207. The second kappa shape index (κ2) is 9.54. The monoisotopic (exact) mass is 498 g/mol. The third kappa shape index (κ3) is 4.46. The number of methoxy groups -OCH3 is 1. The Hall–Kier alpha value is -4.46. The van der Waals surface area contributed by atoms with Gasteiger partial charge >= 0.3 is 6.03 Å². The number of rotatable bonds is 5. The molecule has 1 atom stereocenters. The smallest absolute Gasteiger partial charge is 0.326 e. The third-order valence-electron chi connectivity index (χ3n) is 6.75. The van der Waals surface area contributed by atoms with Crippen molar-refractivity contribution >= 4 is 17.3 Å². The molecule has 1 unspecified atom stereocenters. The second-order valence-corrected chi connectivity index (χ2v) is 9.15.